The van der Waals surface area contributed by atoms with Gasteiger partial charge in [0.05, 0.1) is 13.2 Å². The van der Waals surface area contributed by atoms with E-state index < -0.39 is 0 Å². The first kappa shape index (κ1) is 16.9. The fraction of sp³-hybridized carbons (Fsp3) is 0.667. The molecule has 0 atom stereocenters. The van der Waals surface area contributed by atoms with Crippen LogP contribution in [0.5, 0.6) is 5.88 Å². The molecule has 1 aromatic rings. The topological polar surface area (TPSA) is 60.8 Å². The molecule has 0 amide bonds. The van der Waals surface area contributed by atoms with Crippen LogP contribution in [0.3, 0.4) is 0 Å². The molecule has 20 heavy (non-hydrogen) atoms. The minimum absolute atomic E-state index is 0.00782. The number of aliphatic hydroxyl groups is 1. The van der Waals surface area contributed by atoms with Gasteiger partial charge in [0.2, 0.25) is 5.88 Å². The molecule has 0 radical (unpaired) electrons. The molecule has 5 heteroatoms. The molecule has 5 nitrogen and oxygen atoms in total. The van der Waals surface area contributed by atoms with Gasteiger partial charge in [-0.1, -0.05) is 13.8 Å². The third kappa shape index (κ3) is 6.32. The predicted octanol–water partition coefficient (Wildman–Crippen LogP) is 2.13. The van der Waals surface area contributed by atoms with Gasteiger partial charge >= 0.3 is 0 Å². The Morgan fingerprint density at radius 2 is 1.95 bits per heavy atom. The molecule has 1 N–H and O–H groups in total. The van der Waals surface area contributed by atoms with Crippen molar-refractivity contribution in [2.24, 2.45) is 0 Å². The Kier molecular flexibility index (Phi) is 8.18. The van der Waals surface area contributed by atoms with E-state index in [0.29, 0.717) is 38.2 Å². The third-order valence-electron chi connectivity index (χ3n) is 2.77. The van der Waals surface area contributed by atoms with E-state index in [2.05, 4.69) is 18.8 Å². The molecule has 0 spiro atoms. The normalized spacial score (nSPS) is 11.1. The lowest BCUT2D eigenvalue weighted by Gasteiger charge is -2.11. The minimum Gasteiger partial charge on any atom is -0.475 e. The van der Waals surface area contributed by atoms with Gasteiger partial charge in [0.15, 0.2) is 0 Å². The molecule has 0 aliphatic rings. The minimum atomic E-state index is -0.00782. The van der Waals surface area contributed by atoms with Gasteiger partial charge in [-0.3, -0.25) is 0 Å². The van der Waals surface area contributed by atoms with Gasteiger partial charge in [-0.2, -0.15) is 0 Å². The second-order valence-corrected chi connectivity index (χ2v) is 4.86. The summed E-state index contributed by atoms with van der Waals surface area (Å²) >= 11 is 0. The van der Waals surface area contributed by atoms with E-state index in [1.165, 1.54) is 0 Å². The van der Waals surface area contributed by atoms with Crippen LogP contribution in [0.1, 0.15) is 37.4 Å². The molecule has 1 aromatic heterocycles. The molecule has 1 heterocycles. The first-order valence-corrected chi connectivity index (χ1v) is 6.98. The number of methoxy groups -OCH3 is 1. The van der Waals surface area contributed by atoms with Gasteiger partial charge in [-0.15, -0.1) is 0 Å². The molecular weight excluding hydrogens is 258 g/mol. The Hall–Kier alpha value is -1.17. The van der Waals surface area contributed by atoms with E-state index in [9.17, 15) is 5.11 Å². The fourth-order valence-corrected chi connectivity index (χ4v) is 1.66. The second-order valence-electron chi connectivity index (χ2n) is 4.86. The molecule has 114 valence electrons. The van der Waals surface area contributed by atoms with Crippen molar-refractivity contribution >= 4 is 0 Å². The molecule has 0 fully saturated rings. The number of pyridine rings is 1. The second kappa shape index (κ2) is 9.69. The number of hydrogen-bond acceptors (Lipinski definition) is 5. The molecule has 0 aromatic carbocycles. The van der Waals surface area contributed by atoms with Crippen LogP contribution in [0.2, 0.25) is 0 Å². The third-order valence-corrected chi connectivity index (χ3v) is 2.77. The zero-order valence-corrected chi connectivity index (χ0v) is 12.6. The van der Waals surface area contributed by atoms with Crippen molar-refractivity contribution in [3.63, 3.8) is 0 Å². The molecule has 0 aliphatic heterocycles. The average Bonchev–Trinajstić information content (AvgIpc) is 2.46. The highest BCUT2D eigenvalue weighted by Gasteiger charge is 2.06. The lowest BCUT2D eigenvalue weighted by Crippen LogP contribution is -2.10. The predicted molar refractivity (Wildman–Crippen MR) is 77.1 cm³/mol. The van der Waals surface area contributed by atoms with Crippen LogP contribution in [0, 0.1) is 0 Å². The van der Waals surface area contributed by atoms with Gasteiger partial charge in [-0.05, 0) is 24.0 Å². The number of rotatable bonds is 10. The highest BCUT2D eigenvalue weighted by atomic mass is 16.5. The van der Waals surface area contributed by atoms with E-state index in [-0.39, 0.29) is 6.61 Å². The summed E-state index contributed by atoms with van der Waals surface area (Å²) in [6, 6.07) is 3.66. The van der Waals surface area contributed by atoms with Crippen LogP contribution >= 0.6 is 0 Å². The molecule has 1 rings (SSSR count). The van der Waals surface area contributed by atoms with Crippen molar-refractivity contribution < 1.29 is 19.3 Å². The van der Waals surface area contributed by atoms with Crippen molar-refractivity contribution in [1.29, 1.82) is 0 Å². The molecule has 0 aliphatic carbocycles. The van der Waals surface area contributed by atoms with E-state index in [0.717, 1.165) is 17.7 Å². The Morgan fingerprint density at radius 3 is 2.60 bits per heavy atom. The monoisotopic (exact) mass is 283 g/mol. The Bertz CT molecular complexity index is 382. The Labute approximate surface area is 120 Å². The van der Waals surface area contributed by atoms with Gasteiger partial charge in [0.25, 0.3) is 0 Å². The number of aromatic nitrogens is 1. The standard InChI is InChI=1S/C15H25NO4/c1-12(2)14-9-13(11-17)10-15(16-14)20-8-7-19-6-4-5-18-3/h9-10,12,17H,4-8,11H2,1-3H3. The van der Waals surface area contributed by atoms with E-state index in [4.69, 9.17) is 14.2 Å². The van der Waals surface area contributed by atoms with E-state index >= 15 is 0 Å². The number of ether oxygens (including phenoxy) is 3. The average molecular weight is 283 g/mol. The summed E-state index contributed by atoms with van der Waals surface area (Å²) in [6.07, 6.45) is 0.881. The van der Waals surface area contributed by atoms with E-state index in [1.54, 1.807) is 13.2 Å². The zero-order chi connectivity index (χ0) is 14.8. The van der Waals surface area contributed by atoms with Crippen molar-refractivity contribution in [3.05, 3.63) is 23.4 Å². The maximum atomic E-state index is 9.24. The molecule has 0 bridgehead atoms. The highest BCUT2D eigenvalue weighted by molar-refractivity contribution is 5.26. The van der Waals surface area contributed by atoms with Crippen LogP contribution in [0.25, 0.3) is 0 Å². The van der Waals surface area contributed by atoms with Gasteiger partial charge in [0, 0.05) is 32.1 Å². The van der Waals surface area contributed by atoms with E-state index in [1.807, 2.05) is 6.07 Å². The molecule has 0 saturated heterocycles. The summed E-state index contributed by atoms with van der Waals surface area (Å²) < 4.78 is 15.9. The van der Waals surface area contributed by atoms with Crippen molar-refractivity contribution in [1.82, 2.24) is 4.98 Å². The number of nitrogens with zero attached hydrogens (tertiary/aromatic N) is 1. The fourth-order valence-electron chi connectivity index (χ4n) is 1.66. The number of aliphatic hydroxyl groups excluding tert-OH is 1. The lowest BCUT2D eigenvalue weighted by atomic mass is 10.1. The van der Waals surface area contributed by atoms with Crippen LogP contribution < -0.4 is 4.74 Å². The molecular formula is C15H25NO4. The molecule has 0 unspecified atom stereocenters. The lowest BCUT2D eigenvalue weighted by molar-refractivity contribution is 0.0794. The Morgan fingerprint density at radius 1 is 1.15 bits per heavy atom. The smallest absolute Gasteiger partial charge is 0.213 e. The van der Waals surface area contributed by atoms with Crippen molar-refractivity contribution in [2.45, 2.75) is 32.8 Å². The number of hydrogen-bond donors (Lipinski definition) is 1. The van der Waals surface area contributed by atoms with Gasteiger partial charge in [0.1, 0.15) is 6.61 Å². The maximum Gasteiger partial charge on any atom is 0.213 e. The van der Waals surface area contributed by atoms with Crippen LogP contribution in [-0.2, 0) is 16.1 Å². The first-order valence-electron chi connectivity index (χ1n) is 6.98. The summed E-state index contributed by atoms with van der Waals surface area (Å²) in [5.74, 6) is 0.842. The van der Waals surface area contributed by atoms with Gasteiger partial charge < -0.3 is 19.3 Å². The highest BCUT2D eigenvalue weighted by Crippen LogP contribution is 2.19. The van der Waals surface area contributed by atoms with Crippen LogP contribution in [0.15, 0.2) is 12.1 Å². The maximum absolute atomic E-state index is 9.24. The zero-order valence-electron chi connectivity index (χ0n) is 12.6. The summed E-state index contributed by atoms with van der Waals surface area (Å²) in [5, 5.41) is 9.24. The summed E-state index contributed by atoms with van der Waals surface area (Å²) in [6.45, 7) is 6.46. The summed E-state index contributed by atoms with van der Waals surface area (Å²) in [4.78, 5) is 4.42. The Balaban J connectivity index is 2.37. The first-order chi connectivity index (χ1) is 9.67. The summed E-state index contributed by atoms with van der Waals surface area (Å²) in [5.41, 5.74) is 1.74. The van der Waals surface area contributed by atoms with Gasteiger partial charge in [-0.25, -0.2) is 4.98 Å². The largest absolute Gasteiger partial charge is 0.475 e. The van der Waals surface area contributed by atoms with Crippen LogP contribution in [0.4, 0.5) is 0 Å². The van der Waals surface area contributed by atoms with Crippen molar-refractivity contribution in [2.75, 3.05) is 33.5 Å². The SMILES string of the molecule is COCCCOCCOc1cc(CO)cc(C(C)C)n1. The van der Waals surface area contributed by atoms with Crippen LogP contribution in [-0.4, -0.2) is 43.6 Å². The van der Waals surface area contributed by atoms with Crippen molar-refractivity contribution in [3.8, 4) is 5.88 Å². The quantitative estimate of drug-likeness (QED) is 0.667. The molecule has 0 saturated carbocycles. The summed E-state index contributed by atoms with van der Waals surface area (Å²) in [7, 11) is 1.68.